The maximum Gasteiger partial charge on any atom is 0.335 e. The first kappa shape index (κ1) is 45.3. The third-order valence-electron chi connectivity index (χ3n) is 4.52. The van der Waals surface area contributed by atoms with Gasteiger partial charge in [-0.15, -0.1) is 0 Å². The minimum atomic E-state index is -2.20. The summed E-state index contributed by atoms with van der Waals surface area (Å²) in [6.45, 7) is -2.53. The molecule has 0 fully saturated rings. The topological polar surface area (TPSA) is 415 Å². The molecule has 40 heavy (non-hydrogen) atoms. The number of aliphatic hydroxyl groups excluding tert-OH is 15. The van der Waals surface area contributed by atoms with Crippen molar-refractivity contribution in [2.75, 3.05) is 19.8 Å². The van der Waals surface area contributed by atoms with Gasteiger partial charge in [0.1, 0.15) is 54.9 Å². The van der Waals surface area contributed by atoms with E-state index in [0.717, 1.165) is 0 Å². The SMILES string of the molecule is O=C(O)C(O)C(O)C(O)C(O)CO.O=C(O)C(O)C(O)C(O)C(O)CO.O=C(O)C(O)C(O)C(O)C(O)CO.[Co]. The average molecular weight is 647 g/mol. The van der Waals surface area contributed by atoms with E-state index in [4.69, 9.17) is 91.9 Å². The Bertz CT molecular complexity index is 608. The zero-order valence-electron chi connectivity index (χ0n) is 20.2. The molecule has 0 saturated carbocycles. The van der Waals surface area contributed by atoms with Gasteiger partial charge in [-0.1, -0.05) is 0 Å². The Balaban J connectivity index is -0.000000240. The van der Waals surface area contributed by atoms with Crippen LogP contribution < -0.4 is 0 Å². The van der Waals surface area contributed by atoms with Crippen molar-refractivity contribution in [3.05, 3.63) is 0 Å². The fraction of sp³-hybridized carbons (Fsp3) is 0.833. The number of aliphatic hydroxyl groups is 15. The molecule has 0 aromatic heterocycles. The van der Waals surface area contributed by atoms with Gasteiger partial charge in [0.25, 0.3) is 0 Å². The number of hydrogen-bond acceptors (Lipinski definition) is 18. The summed E-state index contributed by atoms with van der Waals surface area (Å²) >= 11 is 0. The summed E-state index contributed by atoms with van der Waals surface area (Å²) in [5, 5.41) is 155. The number of rotatable bonds is 15. The number of hydrogen-bond donors (Lipinski definition) is 18. The van der Waals surface area contributed by atoms with E-state index in [-0.39, 0.29) is 16.8 Å². The third-order valence-corrected chi connectivity index (χ3v) is 4.52. The molecular formula is C18H36CoO21. The van der Waals surface area contributed by atoms with Gasteiger partial charge in [0.05, 0.1) is 19.8 Å². The molecule has 21 nitrogen and oxygen atoms in total. The van der Waals surface area contributed by atoms with E-state index in [1.54, 1.807) is 0 Å². The Kier molecular flexibility index (Phi) is 26.0. The molecule has 0 amide bonds. The van der Waals surface area contributed by atoms with Gasteiger partial charge in [0.2, 0.25) is 0 Å². The fourth-order valence-electron chi connectivity index (χ4n) is 2.01. The largest absolute Gasteiger partial charge is 0.479 e. The molecular weight excluding hydrogens is 611 g/mol. The molecule has 1 radical (unpaired) electrons. The first-order valence-corrected chi connectivity index (χ1v) is 10.4. The molecule has 0 spiro atoms. The zero-order chi connectivity index (χ0) is 31.8. The van der Waals surface area contributed by atoms with Crippen molar-refractivity contribution >= 4 is 17.9 Å². The predicted molar refractivity (Wildman–Crippen MR) is 116 cm³/mol. The second-order valence-corrected chi connectivity index (χ2v) is 7.54. The van der Waals surface area contributed by atoms with Crippen LogP contribution in [0.15, 0.2) is 0 Å². The normalized spacial score (nSPS) is 19.9. The van der Waals surface area contributed by atoms with Crippen molar-refractivity contribution in [2.45, 2.75) is 73.2 Å². The quantitative estimate of drug-likeness (QED) is 0.0784. The molecule has 0 aliphatic rings. The first-order valence-electron chi connectivity index (χ1n) is 10.4. The Labute approximate surface area is 234 Å². The molecule has 243 valence electrons. The van der Waals surface area contributed by atoms with Crippen LogP contribution in [0, 0.1) is 0 Å². The summed E-state index contributed by atoms with van der Waals surface area (Å²) in [5.74, 6) is -5.18. The van der Waals surface area contributed by atoms with Gasteiger partial charge in [-0.25, -0.2) is 14.4 Å². The first-order chi connectivity index (χ1) is 17.7. The van der Waals surface area contributed by atoms with E-state index < -0.39 is 111 Å². The molecule has 22 heteroatoms. The van der Waals surface area contributed by atoms with Crippen LogP contribution in [-0.4, -0.2) is 203 Å². The molecule has 12 unspecified atom stereocenters. The fourth-order valence-corrected chi connectivity index (χ4v) is 2.01. The average Bonchev–Trinajstić information content (AvgIpc) is 2.92. The van der Waals surface area contributed by atoms with E-state index in [0.29, 0.717) is 0 Å². The summed E-state index contributed by atoms with van der Waals surface area (Å²) in [7, 11) is 0. The van der Waals surface area contributed by atoms with E-state index in [1.165, 1.54) is 0 Å². The zero-order valence-corrected chi connectivity index (χ0v) is 21.2. The van der Waals surface area contributed by atoms with E-state index in [9.17, 15) is 14.4 Å². The van der Waals surface area contributed by atoms with Crippen molar-refractivity contribution in [3.63, 3.8) is 0 Å². The van der Waals surface area contributed by atoms with E-state index in [1.807, 2.05) is 0 Å². The summed E-state index contributed by atoms with van der Waals surface area (Å²) in [6.07, 6.45) is -23.5. The van der Waals surface area contributed by atoms with Crippen LogP contribution in [-0.2, 0) is 31.2 Å². The van der Waals surface area contributed by atoms with Crippen LogP contribution >= 0.6 is 0 Å². The van der Waals surface area contributed by atoms with Crippen LogP contribution in [0.2, 0.25) is 0 Å². The van der Waals surface area contributed by atoms with Gasteiger partial charge in [-0.3, -0.25) is 0 Å². The Morgan fingerprint density at radius 2 is 0.525 bits per heavy atom. The molecule has 0 saturated heterocycles. The molecule has 12 atom stereocenters. The van der Waals surface area contributed by atoms with E-state index in [2.05, 4.69) is 0 Å². The smallest absolute Gasteiger partial charge is 0.335 e. The summed E-state index contributed by atoms with van der Waals surface area (Å²) in [6, 6.07) is 0. The molecule has 0 aromatic rings. The minimum Gasteiger partial charge on any atom is -0.479 e. The minimum absolute atomic E-state index is 0. The van der Waals surface area contributed by atoms with Crippen molar-refractivity contribution in [3.8, 4) is 0 Å². The summed E-state index contributed by atoms with van der Waals surface area (Å²) < 4.78 is 0. The predicted octanol–water partition coefficient (Wildman–Crippen LogP) is -10.5. The summed E-state index contributed by atoms with van der Waals surface area (Å²) in [5.41, 5.74) is 0. The molecule has 0 rings (SSSR count). The maximum absolute atomic E-state index is 10.1. The van der Waals surface area contributed by atoms with E-state index >= 15 is 0 Å². The van der Waals surface area contributed by atoms with Gasteiger partial charge in [0, 0.05) is 16.8 Å². The Morgan fingerprint density at radius 1 is 0.375 bits per heavy atom. The van der Waals surface area contributed by atoms with Gasteiger partial charge in [-0.2, -0.15) is 0 Å². The van der Waals surface area contributed by atoms with Gasteiger partial charge in [0.15, 0.2) is 18.3 Å². The Morgan fingerprint density at radius 3 is 0.625 bits per heavy atom. The molecule has 0 aliphatic heterocycles. The second kappa shape index (κ2) is 22.9. The number of carbonyl (C=O) groups is 3. The van der Waals surface area contributed by atoms with Gasteiger partial charge in [-0.05, 0) is 0 Å². The third kappa shape index (κ3) is 16.5. The van der Waals surface area contributed by atoms with Crippen molar-refractivity contribution in [1.29, 1.82) is 0 Å². The van der Waals surface area contributed by atoms with Crippen LogP contribution in [0.4, 0.5) is 0 Å². The van der Waals surface area contributed by atoms with Crippen molar-refractivity contribution < 1.29 is 123 Å². The Hall–Kier alpha value is -1.68. The molecule has 18 N–H and O–H groups in total. The van der Waals surface area contributed by atoms with Crippen LogP contribution in [0.1, 0.15) is 0 Å². The molecule has 0 aliphatic carbocycles. The number of carboxylic acid groups (broad SMARTS) is 3. The standard InChI is InChI=1S/3C6H12O7.Co/c3*7-1-2(8)3(9)4(10)5(11)6(12)13;/h3*2-5,7-11H,1H2,(H,12,13);. The molecule has 0 aromatic carbocycles. The monoisotopic (exact) mass is 647 g/mol. The van der Waals surface area contributed by atoms with Crippen LogP contribution in [0.25, 0.3) is 0 Å². The summed E-state index contributed by atoms with van der Waals surface area (Å²) in [4.78, 5) is 30.3. The molecule has 0 bridgehead atoms. The maximum atomic E-state index is 10.1. The van der Waals surface area contributed by atoms with Gasteiger partial charge < -0.3 is 91.9 Å². The number of carboxylic acids is 3. The van der Waals surface area contributed by atoms with Crippen LogP contribution in [0.5, 0.6) is 0 Å². The number of aliphatic carboxylic acids is 3. The van der Waals surface area contributed by atoms with Crippen LogP contribution in [0.3, 0.4) is 0 Å². The second-order valence-electron chi connectivity index (χ2n) is 7.54. The molecule has 0 heterocycles. The van der Waals surface area contributed by atoms with Gasteiger partial charge >= 0.3 is 17.9 Å². The van der Waals surface area contributed by atoms with Crippen molar-refractivity contribution in [2.24, 2.45) is 0 Å². The van der Waals surface area contributed by atoms with Crippen molar-refractivity contribution in [1.82, 2.24) is 0 Å².